The Kier molecular flexibility index (Phi) is 3.77. The lowest BCUT2D eigenvalue weighted by molar-refractivity contribution is -0.0809. The third-order valence-corrected chi connectivity index (χ3v) is 3.68. The van der Waals surface area contributed by atoms with E-state index in [2.05, 4.69) is 34.3 Å². The van der Waals surface area contributed by atoms with Crippen LogP contribution in [-0.4, -0.2) is 12.2 Å². The highest BCUT2D eigenvalue weighted by Crippen LogP contribution is 2.40. The lowest BCUT2D eigenvalue weighted by Crippen LogP contribution is -2.40. The molecule has 2 unspecified atom stereocenters. The third-order valence-electron chi connectivity index (χ3n) is 3.68. The van der Waals surface area contributed by atoms with E-state index in [4.69, 9.17) is 4.74 Å². The van der Waals surface area contributed by atoms with E-state index in [1.807, 2.05) is 0 Å². The highest BCUT2D eigenvalue weighted by atomic mass is 16.5. The van der Waals surface area contributed by atoms with Crippen LogP contribution in [0.15, 0.2) is 12.2 Å². The molecule has 1 heterocycles. The molecule has 0 N–H and O–H groups in total. The lowest BCUT2D eigenvalue weighted by Gasteiger charge is -2.42. The lowest BCUT2D eigenvalue weighted by atomic mass is 9.75. The molecule has 1 aliphatic rings. The fourth-order valence-corrected chi connectivity index (χ4v) is 1.93. The predicted octanol–water partition coefficient (Wildman–Crippen LogP) is 3.94. The maximum Gasteiger partial charge on any atom is 0.0638 e. The van der Waals surface area contributed by atoms with Crippen molar-refractivity contribution in [3.63, 3.8) is 0 Å². The Balaban J connectivity index is 2.53. The van der Waals surface area contributed by atoms with Gasteiger partial charge in [-0.05, 0) is 19.8 Å². The van der Waals surface area contributed by atoms with E-state index in [0.29, 0.717) is 12.2 Å². The molecule has 0 aromatic heterocycles. The zero-order chi connectivity index (χ0) is 10.8. The Morgan fingerprint density at radius 2 is 2.14 bits per heavy atom. The van der Waals surface area contributed by atoms with Crippen molar-refractivity contribution >= 4 is 0 Å². The Morgan fingerprint density at radius 1 is 1.50 bits per heavy atom. The molecule has 0 radical (unpaired) electrons. The molecule has 0 saturated carbocycles. The van der Waals surface area contributed by atoms with Gasteiger partial charge in [-0.25, -0.2) is 0 Å². The Morgan fingerprint density at radius 3 is 2.64 bits per heavy atom. The Bertz CT molecular complexity index is 205. The molecule has 0 aliphatic carbocycles. The van der Waals surface area contributed by atoms with Gasteiger partial charge in [0.1, 0.15) is 0 Å². The molecule has 82 valence electrons. The van der Waals surface area contributed by atoms with Crippen molar-refractivity contribution < 1.29 is 4.74 Å². The second-order valence-electron chi connectivity index (χ2n) is 5.07. The average Bonchev–Trinajstić information content (AvgIpc) is 2.11. The molecule has 2 atom stereocenters. The average molecular weight is 196 g/mol. The monoisotopic (exact) mass is 196 g/mol. The maximum absolute atomic E-state index is 6.01. The van der Waals surface area contributed by atoms with Crippen molar-refractivity contribution in [3.8, 4) is 0 Å². The highest BCUT2D eigenvalue weighted by Gasteiger charge is 2.36. The standard InChI is InChI=1S/C13H24O/c1-6-7-8-12-9-10(2)13(4,5)11(3)14-12/h11-12H,2,6-9H2,1,3-5H3. The van der Waals surface area contributed by atoms with Crippen LogP contribution in [0.25, 0.3) is 0 Å². The van der Waals surface area contributed by atoms with Crippen LogP contribution in [0.2, 0.25) is 0 Å². The van der Waals surface area contributed by atoms with Crippen molar-refractivity contribution in [1.82, 2.24) is 0 Å². The van der Waals surface area contributed by atoms with Crippen LogP contribution < -0.4 is 0 Å². The largest absolute Gasteiger partial charge is 0.374 e. The van der Waals surface area contributed by atoms with Crippen molar-refractivity contribution in [2.24, 2.45) is 5.41 Å². The van der Waals surface area contributed by atoms with Gasteiger partial charge in [0.05, 0.1) is 12.2 Å². The van der Waals surface area contributed by atoms with Gasteiger partial charge in [0.25, 0.3) is 0 Å². The number of hydrogen-bond donors (Lipinski definition) is 0. The number of unbranched alkanes of at least 4 members (excludes halogenated alkanes) is 1. The summed E-state index contributed by atoms with van der Waals surface area (Å²) in [7, 11) is 0. The molecule has 0 bridgehead atoms. The van der Waals surface area contributed by atoms with Crippen molar-refractivity contribution in [1.29, 1.82) is 0 Å². The second kappa shape index (κ2) is 4.48. The van der Waals surface area contributed by atoms with E-state index in [1.54, 1.807) is 0 Å². The molecule has 1 aliphatic heterocycles. The summed E-state index contributed by atoms with van der Waals surface area (Å²) >= 11 is 0. The molecule has 1 nitrogen and oxygen atoms in total. The molecule has 0 amide bonds. The molecule has 14 heavy (non-hydrogen) atoms. The zero-order valence-electron chi connectivity index (χ0n) is 10.1. The molecule has 1 heteroatoms. The van der Waals surface area contributed by atoms with Crippen LogP contribution in [0.1, 0.15) is 53.4 Å². The highest BCUT2D eigenvalue weighted by molar-refractivity contribution is 5.13. The fraction of sp³-hybridized carbons (Fsp3) is 0.846. The van der Waals surface area contributed by atoms with Gasteiger partial charge in [-0.1, -0.05) is 45.8 Å². The van der Waals surface area contributed by atoms with Crippen molar-refractivity contribution in [3.05, 3.63) is 12.2 Å². The van der Waals surface area contributed by atoms with E-state index < -0.39 is 0 Å². The normalized spacial score (nSPS) is 31.9. The van der Waals surface area contributed by atoms with Gasteiger partial charge in [0, 0.05) is 5.41 Å². The van der Waals surface area contributed by atoms with E-state index >= 15 is 0 Å². The summed E-state index contributed by atoms with van der Waals surface area (Å²) in [6, 6.07) is 0. The van der Waals surface area contributed by atoms with E-state index in [-0.39, 0.29) is 5.41 Å². The van der Waals surface area contributed by atoms with Gasteiger partial charge in [-0.15, -0.1) is 0 Å². The summed E-state index contributed by atoms with van der Waals surface area (Å²) in [6.45, 7) is 13.1. The summed E-state index contributed by atoms with van der Waals surface area (Å²) < 4.78 is 6.01. The number of rotatable bonds is 3. The van der Waals surface area contributed by atoms with Crippen molar-refractivity contribution in [2.75, 3.05) is 0 Å². The number of hydrogen-bond acceptors (Lipinski definition) is 1. The minimum Gasteiger partial charge on any atom is -0.374 e. The van der Waals surface area contributed by atoms with Gasteiger partial charge in [-0.3, -0.25) is 0 Å². The summed E-state index contributed by atoms with van der Waals surface area (Å²) in [6.07, 6.45) is 5.50. The Labute approximate surface area is 88.5 Å². The van der Waals surface area contributed by atoms with Gasteiger partial charge in [0.2, 0.25) is 0 Å². The minimum atomic E-state index is 0.155. The molecule has 0 aromatic rings. The first kappa shape index (κ1) is 11.8. The first-order chi connectivity index (χ1) is 6.48. The van der Waals surface area contributed by atoms with Crippen LogP contribution in [0, 0.1) is 5.41 Å². The molecule has 1 saturated heterocycles. The van der Waals surface area contributed by atoms with E-state index in [9.17, 15) is 0 Å². The van der Waals surface area contributed by atoms with Gasteiger partial charge in [-0.2, -0.15) is 0 Å². The van der Waals surface area contributed by atoms with E-state index in [1.165, 1.54) is 24.8 Å². The Hall–Kier alpha value is -0.300. The van der Waals surface area contributed by atoms with Crippen LogP contribution >= 0.6 is 0 Å². The molecule has 0 spiro atoms. The summed E-state index contributed by atoms with van der Waals surface area (Å²) in [5.41, 5.74) is 1.51. The summed E-state index contributed by atoms with van der Waals surface area (Å²) in [5.74, 6) is 0. The van der Waals surface area contributed by atoms with E-state index in [0.717, 1.165) is 6.42 Å². The molecule has 1 fully saturated rings. The molecule has 0 aromatic carbocycles. The van der Waals surface area contributed by atoms with Crippen LogP contribution in [0.3, 0.4) is 0 Å². The fourth-order valence-electron chi connectivity index (χ4n) is 1.93. The second-order valence-corrected chi connectivity index (χ2v) is 5.07. The smallest absolute Gasteiger partial charge is 0.0638 e. The van der Waals surface area contributed by atoms with Gasteiger partial charge >= 0.3 is 0 Å². The first-order valence-corrected chi connectivity index (χ1v) is 5.82. The van der Waals surface area contributed by atoms with Crippen LogP contribution in [0.4, 0.5) is 0 Å². The van der Waals surface area contributed by atoms with Crippen LogP contribution in [0.5, 0.6) is 0 Å². The molecular weight excluding hydrogens is 172 g/mol. The SMILES string of the molecule is C=C1CC(CCCC)OC(C)C1(C)C. The molecule has 1 rings (SSSR count). The van der Waals surface area contributed by atoms with Crippen LogP contribution in [-0.2, 0) is 4.74 Å². The third kappa shape index (κ3) is 2.38. The number of ether oxygens (including phenoxy) is 1. The first-order valence-electron chi connectivity index (χ1n) is 5.82. The van der Waals surface area contributed by atoms with Gasteiger partial charge in [0.15, 0.2) is 0 Å². The zero-order valence-corrected chi connectivity index (χ0v) is 10.1. The minimum absolute atomic E-state index is 0.155. The quantitative estimate of drug-likeness (QED) is 0.621. The van der Waals surface area contributed by atoms with Crippen molar-refractivity contribution in [2.45, 2.75) is 65.6 Å². The van der Waals surface area contributed by atoms with Gasteiger partial charge < -0.3 is 4.74 Å². The predicted molar refractivity (Wildman–Crippen MR) is 61.4 cm³/mol. The molecular formula is C13H24O. The summed E-state index contributed by atoms with van der Waals surface area (Å²) in [4.78, 5) is 0. The summed E-state index contributed by atoms with van der Waals surface area (Å²) in [5, 5.41) is 0. The maximum atomic E-state index is 6.01. The topological polar surface area (TPSA) is 9.23 Å².